The number of piperazine rings is 1. The molecule has 0 aromatic rings. The smallest absolute Gasteiger partial charge is 0.320 e. The maximum absolute atomic E-state index is 12.5. The van der Waals surface area contributed by atoms with E-state index in [2.05, 4.69) is 18.7 Å². The zero-order valence-corrected chi connectivity index (χ0v) is 12.4. The molecule has 2 fully saturated rings. The minimum absolute atomic E-state index is 0.153. The van der Waals surface area contributed by atoms with E-state index in [1.165, 1.54) is 0 Å². The predicted octanol–water partition coefficient (Wildman–Crippen LogP) is 0.929. The van der Waals surface area contributed by atoms with E-state index in [0.717, 1.165) is 26.1 Å². The van der Waals surface area contributed by atoms with E-state index in [0.29, 0.717) is 31.6 Å². The van der Waals surface area contributed by atoms with Crippen molar-refractivity contribution < 1.29 is 14.7 Å². The quantitative estimate of drug-likeness (QED) is 0.837. The average Bonchev–Trinajstić information content (AvgIpc) is 2.75. The van der Waals surface area contributed by atoms with Crippen LogP contribution in [0.15, 0.2) is 0 Å². The third-order valence-electron chi connectivity index (χ3n) is 4.31. The van der Waals surface area contributed by atoms with Crippen molar-refractivity contribution in [3.63, 3.8) is 0 Å². The zero-order chi connectivity index (χ0) is 14.7. The molecule has 2 atom stereocenters. The molecule has 0 aromatic heterocycles. The van der Waals surface area contributed by atoms with Crippen molar-refractivity contribution in [2.75, 3.05) is 39.3 Å². The number of carboxylic acid groups (broad SMARTS) is 1. The molecule has 0 aliphatic carbocycles. The summed E-state index contributed by atoms with van der Waals surface area (Å²) in [6.07, 6.45) is 1.26. The first-order valence-electron chi connectivity index (χ1n) is 7.47. The van der Waals surface area contributed by atoms with E-state index >= 15 is 0 Å². The van der Waals surface area contributed by atoms with Gasteiger partial charge in [0.05, 0.1) is 6.42 Å². The van der Waals surface area contributed by atoms with Gasteiger partial charge in [-0.3, -0.25) is 9.69 Å². The Hall–Kier alpha value is -1.30. The van der Waals surface area contributed by atoms with E-state index in [9.17, 15) is 9.59 Å². The highest BCUT2D eigenvalue weighted by atomic mass is 16.4. The maximum Gasteiger partial charge on any atom is 0.320 e. The van der Waals surface area contributed by atoms with Crippen molar-refractivity contribution in [1.82, 2.24) is 14.7 Å². The molecule has 2 unspecified atom stereocenters. The molecule has 6 heteroatoms. The number of urea groups is 1. The van der Waals surface area contributed by atoms with Crippen molar-refractivity contribution in [3.8, 4) is 0 Å². The van der Waals surface area contributed by atoms with Gasteiger partial charge in [-0.1, -0.05) is 6.92 Å². The summed E-state index contributed by atoms with van der Waals surface area (Å²) < 4.78 is 0. The fourth-order valence-corrected chi connectivity index (χ4v) is 3.16. The van der Waals surface area contributed by atoms with Crippen LogP contribution in [0.5, 0.6) is 0 Å². The van der Waals surface area contributed by atoms with Crippen LogP contribution in [-0.2, 0) is 4.79 Å². The fourth-order valence-electron chi connectivity index (χ4n) is 3.16. The number of hydrogen-bond donors (Lipinski definition) is 1. The lowest BCUT2D eigenvalue weighted by atomic mass is 10.1. The summed E-state index contributed by atoms with van der Waals surface area (Å²) in [4.78, 5) is 29.0. The predicted molar refractivity (Wildman–Crippen MR) is 75.6 cm³/mol. The van der Waals surface area contributed by atoms with Gasteiger partial charge in [0, 0.05) is 45.3 Å². The van der Waals surface area contributed by atoms with Gasteiger partial charge in [0.1, 0.15) is 0 Å². The van der Waals surface area contributed by atoms with Crippen LogP contribution in [0.2, 0.25) is 0 Å². The second kappa shape index (κ2) is 6.43. The lowest BCUT2D eigenvalue weighted by molar-refractivity contribution is -0.137. The minimum Gasteiger partial charge on any atom is -0.481 e. The molecule has 1 N–H and O–H groups in total. The van der Waals surface area contributed by atoms with Gasteiger partial charge in [0.15, 0.2) is 0 Å². The van der Waals surface area contributed by atoms with Gasteiger partial charge in [-0.2, -0.15) is 0 Å². The highest BCUT2D eigenvalue weighted by Gasteiger charge is 2.33. The normalized spacial score (nSPS) is 27.9. The number of likely N-dealkylation sites (tertiary alicyclic amines) is 1. The molecule has 0 aromatic carbocycles. The van der Waals surface area contributed by atoms with Gasteiger partial charge >= 0.3 is 12.0 Å². The molecule has 0 spiro atoms. The number of nitrogens with zero attached hydrogens (tertiary/aromatic N) is 3. The molecule has 114 valence electrons. The molecular formula is C14H25N3O3. The molecule has 2 heterocycles. The maximum atomic E-state index is 12.5. The number of carbonyl (C=O) groups is 2. The second-order valence-corrected chi connectivity index (χ2v) is 6.10. The lowest BCUT2D eigenvalue weighted by Crippen LogP contribution is -2.53. The van der Waals surface area contributed by atoms with Crippen LogP contribution < -0.4 is 0 Å². The highest BCUT2D eigenvalue weighted by Crippen LogP contribution is 2.23. The van der Waals surface area contributed by atoms with E-state index in [-0.39, 0.29) is 12.5 Å². The number of amides is 2. The van der Waals surface area contributed by atoms with Crippen molar-refractivity contribution in [2.24, 2.45) is 5.92 Å². The summed E-state index contributed by atoms with van der Waals surface area (Å²) >= 11 is 0. The number of aliphatic carboxylic acids is 1. The standard InChI is InChI=1S/C14H25N3O3/c1-11-9-12(2)17(10-11)14(20)16-7-5-15(6-8-16)4-3-13(18)19/h11-12H,3-10H2,1-2H3,(H,18,19). The molecule has 2 rings (SSSR count). The van der Waals surface area contributed by atoms with Crippen LogP contribution in [0, 0.1) is 5.92 Å². The van der Waals surface area contributed by atoms with Crippen LogP contribution >= 0.6 is 0 Å². The van der Waals surface area contributed by atoms with Crippen molar-refractivity contribution >= 4 is 12.0 Å². The largest absolute Gasteiger partial charge is 0.481 e. The topological polar surface area (TPSA) is 64.1 Å². The van der Waals surface area contributed by atoms with E-state index < -0.39 is 5.97 Å². The molecule has 2 amide bonds. The molecule has 0 bridgehead atoms. The number of carboxylic acids is 1. The van der Waals surface area contributed by atoms with Crippen LogP contribution in [0.4, 0.5) is 4.79 Å². The summed E-state index contributed by atoms with van der Waals surface area (Å²) in [5.74, 6) is -0.172. The number of carbonyl (C=O) groups excluding carboxylic acids is 1. The third kappa shape index (κ3) is 3.62. The van der Waals surface area contributed by atoms with E-state index in [1.807, 2.05) is 9.80 Å². The SMILES string of the molecule is CC1CC(C)N(C(=O)N2CCN(CCC(=O)O)CC2)C1. The summed E-state index contributed by atoms with van der Waals surface area (Å²) in [5.41, 5.74) is 0. The Balaban J connectivity index is 1.78. The van der Waals surface area contributed by atoms with Gasteiger partial charge < -0.3 is 14.9 Å². The van der Waals surface area contributed by atoms with Crippen LogP contribution in [-0.4, -0.2) is 77.1 Å². The molecule has 2 aliphatic rings. The Bertz CT molecular complexity index is 367. The lowest BCUT2D eigenvalue weighted by Gasteiger charge is -2.37. The Morgan fingerprint density at radius 1 is 1.15 bits per heavy atom. The average molecular weight is 283 g/mol. The number of rotatable bonds is 3. The monoisotopic (exact) mass is 283 g/mol. The molecule has 0 saturated carbocycles. The first-order chi connectivity index (χ1) is 9.47. The molecule has 6 nitrogen and oxygen atoms in total. The third-order valence-corrected chi connectivity index (χ3v) is 4.31. The van der Waals surface area contributed by atoms with Gasteiger partial charge in [0.25, 0.3) is 0 Å². The van der Waals surface area contributed by atoms with Gasteiger partial charge in [-0.15, -0.1) is 0 Å². The van der Waals surface area contributed by atoms with Gasteiger partial charge in [0.2, 0.25) is 0 Å². The molecule has 0 radical (unpaired) electrons. The Labute approximate surface area is 120 Å². The fraction of sp³-hybridized carbons (Fsp3) is 0.857. The summed E-state index contributed by atoms with van der Waals surface area (Å²) in [6, 6.07) is 0.488. The van der Waals surface area contributed by atoms with E-state index in [4.69, 9.17) is 5.11 Å². The van der Waals surface area contributed by atoms with Gasteiger partial charge in [-0.05, 0) is 19.3 Å². The second-order valence-electron chi connectivity index (χ2n) is 6.10. The van der Waals surface area contributed by atoms with Crippen LogP contribution in [0.25, 0.3) is 0 Å². The number of hydrogen-bond acceptors (Lipinski definition) is 3. The zero-order valence-electron chi connectivity index (χ0n) is 12.4. The minimum atomic E-state index is -0.761. The van der Waals surface area contributed by atoms with Gasteiger partial charge in [-0.25, -0.2) is 4.79 Å². The van der Waals surface area contributed by atoms with Crippen molar-refractivity contribution in [1.29, 1.82) is 0 Å². The summed E-state index contributed by atoms with van der Waals surface area (Å²) in [7, 11) is 0. The van der Waals surface area contributed by atoms with Crippen LogP contribution in [0.1, 0.15) is 26.7 Å². The Morgan fingerprint density at radius 2 is 1.80 bits per heavy atom. The first kappa shape index (κ1) is 15.1. The summed E-state index contributed by atoms with van der Waals surface area (Å²) in [5, 5.41) is 8.68. The molecular weight excluding hydrogens is 258 g/mol. The Morgan fingerprint density at radius 3 is 2.30 bits per heavy atom. The highest BCUT2D eigenvalue weighted by molar-refractivity contribution is 5.75. The molecule has 2 saturated heterocycles. The first-order valence-corrected chi connectivity index (χ1v) is 7.47. The molecule has 2 aliphatic heterocycles. The summed E-state index contributed by atoms with van der Waals surface area (Å²) in [6.45, 7) is 8.70. The van der Waals surface area contributed by atoms with Crippen LogP contribution in [0.3, 0.4) is 0 Å². The van der Waals surface area contributed by atoms with Crippen molar-refractivity contribution in [2.45, 2.75) is 32.7 Å². The van der Waals surface area contributed by atoms with E-state index in [1.54, 1.807) is 0 Å². The van der Waals surface area contributed by atoms with Crippen molar-refractivity contribution in [3.05, 3.63) is 0 Å². The molecule has 20 heavy (non-hydrogen) atoms. The Kier molecular flexibility index (Phi) is 4.86.